The minimum Gasteiger partial charge on any atom is -0.376 e. The first-order valence-electron chi connectivity index (χ1n) is 9.94. The minimum atomic E-state index is 0.229. The Labute approximate surface area is 165 Å². The molecule has 1 aromatic carbocycles. The molecule has 1 unspecified atom stereocenters. The fraction of sp³-hybridized carbons (Fsp3) is 0.524. The molecule has 5 nitrogen and oxygen atoms in total. The quantitative estimate of drug-likeness (QED) is 0.709. The zero-order valence-corrected chi connectivity index (χ0v) is 16.5. The molecule has 0 saturated carbocycles. The van der Waals surface area contributed by atoms with Crippen LogP contribution < -0.4 is 0 Å². The number of aromatic nitrogens is 2. The molecule has 1 atom stereocenters. The van der Waals surface area contributed by atoms with Crippen LogP contribution in [0.15, 0.2) is 41.7 Å². The van der Waals surface area contributed by atoms with Crippen molar-refractivity contribution in [1.82, 2.24) is 14.5 Å². The lowest BCUT2D eigenvalue weighted by Crippen LogP contribution is -2.36. The number of amides is 1. The summed E-state index contributed by atoms with van der Waals surface area (Å²) in [5.41, 5.74) is 2.25. The second kappa shape index (κ2) is 8.93. The zero-order valence-electron chi connectivity index (χ0n) is 15.7. The zero-order chi connectivity index (χ0) is 18.5. The summed E-state index contributed by atoms with van der Waals surface area (Å²) in [6, 6.07) is 10.3. The summed E-state index contributed by atoms with van der Waals surface area (Å²) in [5.74, 6) is 0.684. The Balaban J connectivity index is 1.50. The van der Waals surface area contributed by atoms with E-state index in [0.717, 1.165) is 68.3 Å². The summed E-state index contributed by atoms with van der Waals surface area (Å²) in [5, 5.41) is 0.912. The van der Waals surface area contributed by atoms with Crippen molar-refractivity contribution in [3.8, 4) is 11.3 Å². The summed E-state index contributed by atoms with van der Waals surface area (Å²) in [7, 11) is 0. The third-order valence-electron chi connectivity index (χ3n) is 5.33. The van der Waals surface area contributed by atoms with Gasteiger partial charge in [0.1, 0.15) is 0 Å². The Morgan fingerprint density at radius 3 is 2.70 bits per heavy atom. The number of imidazole rings is 1. The number of benzene rings is 1. The first-order valence-corrected chi connectivity index (χ1v) is 10.9. The summed E-state index contributed by atoms with van der Waals surface area (Å²) in [4.78, 5) is 19.2. The Morgan fingerprint density at radius 1 is 1.15 bits per heavy atom. The van der Waals surface area contributed by atoms with Crippen molar-refractivity contribution in [2.75, 3.05) is 25.4 Å². The van der Waals surface area contributed by atoms with Crippen LogP contribution in [0.25, 0.3) is 11.3 Å². The molecule has 0 aliphatic carbocycles. The molecule has 3 heterocycles. The average Bonchev–Trinajstić information content (AvgIpc) is 3.38. The first kappa shape index (κ1) is 18.6. The molecule has 0 spiro atoms. The van der Waals surface area contributed by atoms with Gasteiger partial charge in [-0.1, -0.05) is 42.1 Å². The second-order valence-electron chi connectivity index (χ2n) is 7.27. The molecule has 2 aromatic rings. The summed E-state index contributed by atoms with van der Waals surface area (Å²) in [6.45, 7) is 3.44. The number of hydrogen-bond acceptors (Lipinski definition) is 4. The van der Waals surface area contributed by atoms with Gasteiger partial charge in [0.15, 0.2) is 5.16 Å². The molecule has 144 valence electrons. The molecule has 0 N–H and O–H groups in total. The van der Waals surface area contributed by atoms with E-state index in [-0.39, 0.29) is 12.0 Å². The van der Waals surface area contributed by atoms with E-state index in [0.29, 0.717) is 5.75 Å². The normalized spacial score (nSPS) is 20.1. The van der Waals surface area contributed by atoms with Gasteiger partial charge in [0.05, 0.1) is 30.3 Å². The molecule has 2 fully saturated rings. The van der Waals surface area contributed by atoms with E-state index >= 15 is 0 Å². The highest BCUT2D eigenvalue weighted by Gasteiger charge is 2.22. The minimum absolute atomic E-state index is 0.229. The number of carbonyl (C=O) groups excluding carboxylic acids is 1. The number of carbonyl (C=O) groups is 1. The van der Waals surface area contributed by atoms with Crippen molar-refractivity contribution >= 4 is 17.7 Å². The highest BCUT2D eigenvalue weighted by Crippen LogP contribution is 2.28. The van der Waals surface area contributed by atoms with Crippen LogP contribution >= 0.6 is 11.8 Å². The van der Waals surface area contributed by atoms with Crippen LogP contribution in [0.5, 0.6) is 0 Å². The van der Waals surface area contributed by atoms with Crippen molar-refractivity contribution in [3.63, 3.8) is 0 Å². The Hall–Kier alpha value is -1.79. The Bertz CT molecular complexity index is 750. The number of nitrogens with zero attached hydrogens (tertiary/aromatic N) is 3. The van der Waals surface area contributed by atoms with Crippen molar-refractivity contribution in [2.24, 2.45) is 0 Å². The third-order valence-corrected chi connectivity index (χ3v) is 6.31. The van der Waals surface area contributed by atoms with Crippen LogP contribution in [0, 0.1) is 0 Å². The Morgan fingerprint density at radius 2 is 1.96 bits per heavy atom. The first-order chi connectivity index (χ1) is 13.3. The lowest BCUT2D eigenvalue weighted by atomic mass is 10.1. The molecule has 2 saturated heterocycles. The van der Waals surface area contributed by atoms with Crippen molar-refractivity contribution in [2.45, 2.75) is 49.9 Å². The van der Waals surface area contributed by atoms with Gasteiger partial charge in [0, 0.05) is 19.7 Å². The fourth-order valence-electron chi connectivity index (χ4n) is 3.84. The molecular formula is C21H27N3O2S. The van der Waals surface area contributed by atoms with Gasteiger partial charge in [-0.25, -0.2) is 4.98 Å². The van der Waals surface area contributed by atoms with Crippen molar-refractivity contribution in [1.29, 1.82) is 0 Å². The number of likely N-dealkylation sites (tertiary alicyclic amines) is 1. The van der Waals surface area contributed by atoms with E-state index in [2.05, 4.69) is 21.7 Å². The molecule has 1 aromatic heterocycles. The van der Waals surface area contributed by atoms with E-state index in [1.54, 1.807) is 11.8 Å². The van der Waals surface area contributed by atoms with Crippen LogP contribution in [-0.4, -0.2) is 51.9 Å². The van der Waals surface area contributed by atoms with Crippen LogP contribution in [0.3, 0.4) is 0 Å². The van der Waals surface area contributed by atoms with Crippen LogP contribution in [0.1, 0.15) is 32.1 Å². The van der Waals surface area contributed by atoms with Gasteiger partial charge in [0.25, 0.3) is 0 Å². The highest BCUT2D eigenvalue weighted by atomic mass is 32.2. The lowest BCUT2D eigenvalue weighted by Gasteiger charge is -2.26. The second-order valence-corrected chi connectivity index (χ2v) is 8.21. The maximum atomic E-state index is 12.5. The molecule has 4 rings (SSSR count). The summed E-state index contributed by atoms with van der Waals surface area (Å²) in [6.07, 6.45) is 7.86. The van der Waals surface area contributed by atoms with Gasteiger partial charge in [-0.2, -0.15) is 0 Å². The molecule has 0 bridgehead atoms. The Kier molecular flexibility index (Phi) is 6.14. The van der Waals surface area contributed by atoms with E-state index < -0.39 is 0 Å². The maximum Gasteiger partial charge on any atom is 0.233 e. The highest BCUT2D eigenvalue weighted by molar-refractivity contribution is 7.99. The smallest absolute Gasteiger partial charge is 0.233 e. The largest absolute Gasteiger partial charge is 0.376 e. The molecule has 2 aliphatic heterocycles. The predicted molar refractivity (Wildman–Crippen MR) is 108 cm³/mol. The molecular weight excluding hydrogens is 358 g/mol. The van der Waals surface area contributed by atoms with Crippen LogP contribution in [-0.2, 0) is 16.1 Å². The van der Waals surface area contributed by atoms with Gasteiger partial charge in [-0.15, -0.1) is 0 Å². The number of ether oxygens (including phenoxy) is 1. The topological polar surface area (TPSA) is 47.4 Å². The molecule has 27 heavy (non-hydrogen) atoms. The van der Waals surface area contributed by atoms with Gasteiger partial charge in [-0.3, -0.25) is 4.79 Å². The van der Waals surface area contributed by atoms with Gasteiger partial charge in [-0.05, 0) is 37.7 Å². The van der Waals surface area contributed by atoms with E-state index in [1.807, 2.05) is 29.3 Å². The monoisotopic (exact) mass is 385 g/mol. The third kappa shape index (κ3) is 4.55. The number of hydrogen-bond donors (Lipinski definition) is 0. The van der Waals surface area contributed by atoms with Crippen molar-refractivity contribution < 1.29 is 9.53 Å². The van der Waals surface area contributed by atoms with E-state index in [9.17, 15) is 4.79 Å². The summed E-state index contributed by atoms with van der Waals surface area (Å²) >= 11 is 1.55. The van der Waals surface area contributed by atoms with Crippen LogP contribution in [0.2, 0.25) is 0 Å². The SMILES string of the molecule is O=C(CSc1ncc(-c2ccccc2)n1CC1CCCO1)N1CCCCC1. The molecule has 1 amide bonds. The number of piperidine rings is 1. The van der Waals surface area contributed by atoms with Gasteiger partial charge >= 0.3 is 0 Å². The van der Waals surface area contributed by atoms with E-state index in [4.69, 9.17) is 4.74 Å². The molecule has 2 aliphatic rings. The number of rotatable bonds is 6. The van der Waals surface area contributed by atoms with E-state index in [1.165, 1.54) is 6.42 Å². The van der Waals surface area contributed by atoms with Gasteiger partial charge < -0.3 is 14.2 Å². The average molecular weight is 386 g/mol. The predicted octanol–water partition coefficient (Wildman–Crippen LogP) is 3.83. The van der Waals surface area contributed by atoms with Crippen LogP contribution in [0.4, 0.5) is 0 Å². The summed E-state index contributed by atoms with van der Waals surface area (Å²) < 4.78 is 8.10. The van der Waals surface area contributed by atoms with Crippen molar-refractivity contribution in [3.05, 3.63) is 36.5 Å². The maximum absolute atomic E-state index is 12.5. The number of thioether (sulfide) groups is 1. The standard InChI is InChI=1S/C21H27N3O2S/c25-20(23-11-5-2-6-12-23)16-27-21-22-14-19(17-8-3-1-4-9-17)24(21)15-18-10-7-13-26-18/h1,3-4,8-9,14,18H,2,5-7,10-13,15-16H2. The lowest BCUT2D eigenvalue weighted by molar-refractivity contribution is -0.129. The molecule has 6 heteroatoms. The fourth-order valence-corrected chi connectivity index (χ4v) is 4.73. The van der Waals surface area contributed by atoms with Gasteiger partial charge in [0.2, 0.25) is 5.91 Å². The molecule has 0 radical (unpaired) electrons.